The maximum absolute atomic E-state index is 15.2. The van der Waals surface area contributed by atoms with Crippen molar-refractivity contribution in [2.45, 2.75) is 64.3 Å². The molecule has 2 N–H and O–H groups in total. The molecule has 5 heterocycles. The largest absolute Gasteiger partial charge is 0.458 e. The molecule has 0 spiro atoms. The van der Waals surface area contributed by atoms with E-state index >= 15 is 4.39 Å². The summed E-state index contributed by atoms with van der Waals surface area (Å²) in [5.74, 6) is -1.68. The first kappa shape index (κ1) is 26.4. The standard InChI is InChI=1S/C29H31FN4O6/c1-4-16-17-10-24(40-28(37)33-8-6-15(31-3)7-9-33)21(30)12-22(17)32-25-18(16)13-34-23(25)11-20-19(26(34)35)14-39-27(36)29(20,38)5-2/h10-12,15,31,38H,4-9,13-14H2,1-3H3/t29-/m0/s1. The second-order valence-electron chi connectivity index (χ2n) is 10.6. The molecular formula is C29H31FN4O6. The lowest BCUT2D eigenvalue weighted by atomic mass is 9.86. The molecule has 0 radical (unpaired) electrons. The molecule has 1 atom stereocenters. The van der Waals surface area contributed by atoms with Crippen LogP contribution in [0.15, 0.2) is 23.0 Å². The van der Waals surface area contributed by atoms with Gasteiger partial charge in [0.1, 0.15) is 6.61 Å². The minimum absolute atomic E-state index is 0.0418. The fourth-order valence-corrected chi connectivity index (χ4v) is 6.16. The molecule has 1 fully saturated rings. The number of pyridine rings is 2. The first-order valence-electron chi connectivity index (χ1n) is 13.7. The van der Waals surface area contributed by atoms with Crippen LogP contribution in [-0.4, -0.2) is 57.8 Å². The fourth-order valence-electron chi connectivity index (χ4n) is 6.16. The van der Waals surface area contributed by atoms with Crippen LogP contribution in [0.1, 0.15) is 55.4 Å². The van der Waals surface area contributed by atoms with Gasteiger partial charge in [-0.1, -0.05) is 13.8 Å². The summed E-state index contributed by atoms with van der Waals surface area (Å²) in [6.07, 6.45) is 1.59. The highest BCUT2D eigenvalue weighted by molar-refractivity contribution is 5.90. The van der Waals surface area contributed by atoms with Crippen molar-refractivity contribution >= 4 is 23.0 Å². The lowest BCUT2D eigenvalue weighted by Gasteiger charge is -2.31. The molecule has 40 heavy (non-hydrogen) atoms. The van der Waals surface area contributed by atoms with Crippen LogP contribution in [0.2, 0.25) is 0 Å². The Morgan fingerprint density at radius 2 is 1.98 bits per heavy atom. The maximum Gasteiger partial charge on any atom is 0.415 e. The van der Waals surface area contributed by atoms with Crippen LogP contribution in [0.3, 0.4) is 0 Å². The number of rotatable bonds is 4. The van der Waals surface area contributed by atoms with Crippen LogP contribution >= 0.6 is 0 Å². The van der Waals surface area contributed by atoms with Crippen molar-refractivity contribution in [3.8, 4) is 17.1 Å². The number of benzene rings is 1. The third-order valence-electron chi connectivity index (χ3n) is 8.57. The van der Waals surface area contributed by atoms with E-state index in [2.05, 4.69) is 5.32 Å². The first-order chi connectivity index (χ1) is 19.2. The molecule has 0 aliphatic carbocycles. The Bertz CT molecular complexity index is 1630. The molecule has 3 aromatic rings. The van der Waals surface area contributed by atoms with E-state index in [1.807, 2.05) is 14.0 Å². The summed E-state index contributed by atoms with van der Waals surface area (Å²) < 4.78 is 27.4. The molecule has 1 amide bonds. The highest BCUT2D eigenvalue weighted by Gasteiger charge is 2.45. The average molecular weight is 551 g/mol. The van der Waals surface area contributed by atoms with Crippen molar-refractivity contribution in [2.75, 3.05) is 20.1 Å². The molecule has 2 aromatic heterocycles. The Labute approximate surface area is 229 Å². The second kappa shape index (κ2) is 9.67. The second-order valence-corrected chi connectivity index (χ2v) is 10.6. The topological polar surface area (TPSA) is 123 Å². The number of ether oxygens (including phenoxy) is 2. The van der Waals surface area contributed by atoms with Gasteiger partial charge in [-0.2, -0.15) is 0 Å². The van der Waals surface area contributed by atoms with Gasteiger partial charge in [0, 0.05) is 41.7 Å². The third-order valence-corrected chi connectivity index (χ3v) is 8.57. The Hall–Kier alpha value is -3.83. The van der Waals surface area contributed by atoms with Crippen molar-refractivity contribution in [3.63, 3.8) is 0 Å². The smallest absolute Gasteiger partial charge is 0.415 e. The van der Waals surface area contributed by atoms with Crippen LogP contribution in [0.5, 0.6) is 5.75 Å². The molecule has 0 unspecified atom stereocenters. The van der Waals surface area contributed by atoms with Crippen LogP contribution in [-0.2, 0) is 34.7 Å². The Morgan fingerprint density at radius 3 is 2.65 bits per heavy atom. The van der Waals surface area contributed by atoms with Crippen LogP contribution in [0.4, 0.5) is 9.18 Å². The van der Waals surface area contributed by atoms with Crippen LogP contribution < -0.4 is 15.6 Å². The number of carbonyl (C=O) groups is 2. The van der Waals surface area contributed by atoms with Gasteiger partial charge in [-0.25, -0.2) is 19.0 Å². The van der Waals surface area contributed by atoms with Crippen LogP contribution in [0, 0.1) is 5.82 Å². The number of likely N-dealkylation sites (tertiary alicyclic amines) is 1. The summed E-state index contributed by atoms with van der Waals surface area (Å²) in [4.78, 5) is 45.1. The number of halogens is 1. The van der Waals surface area contributed by atoms with E-state index in [1.54, 1.807) is 22.5 Å². The first-order valence-corrected chi connectivity index (χ1v) is 13.7. The molecule has 11 heteroatoms. The van der Waals surface area contributed by atoms with Crippen molar-refractivity contribution < 1.29 is 28.6 Å². The summed E-state index contributed by atoms with van der Waals surface area (Å²) in [6, 6.07) is 4.72. The number of esters is 1. The molecule has 6 rings (SSSR count). The number of cyclic esters (lactones) is 1. The Morgan fingerprint density at radius 1 is 1.23 bits per heavy atom. The number of hydrogen-bond donors (Lipinski definition) is 2. The summed E-state index contributed by atoms with van der Waals surface area (Å²) in [7, 11) is 1.89. The number of aromatic nitrogens is 2. The minimum Gasteiger partial charge on any atom is -0.458 e. The van der Waals surface area contributed by atoms with Gasteiger partial charge >= 0.3 is 12.1 Å². The van der Waals surface area contributed by atoms with Gasteiger partial charge in [0.05, 0.1) is 29.0 Å². The summed E-state index contributed by atoms with van der Waals surface area (Å²) in [5.41, 5.74) is 1.12. The molecule has 1 aromatic carbocycles. The highest BCUT2D eigenvalue weighted by atomic mass is 19.1. The Balaban J connectivity index is 1.41. The van der Waals surface area contributed by atoms with E-state index in [0.29, 0.717) is 47.8 Å². The minimum atomic E-state index is -1.93. The summed E-state index contributed by atoms with van der Waals surface area (Å²) in [5, 5.41) is 14.9. The van der Waals surface area contributed by atoms with Crippen molar-refractivity contribution in [1.82, 2.24) is 19.8 Å². The fraction of sp³-hybridized carbons (Fsp3) is 0.448. The van der Waals surface area contributed by atoms with Crippen molar-refractivity contribution in [2.24, 2.45) is 0 Å². The van der Waals surface area contributed by atoms with Gasteiger partial charge in [0.25, 0.3) is 5.56 Å². The van der Waals surface area contributed by atoms with Crippen molar-refractivity contribution in [1.29, 1.82) is 0 Å². The number of aliphatic hydroxyl groups is 1. The van der Waals surface area contributed by atoms with E-state index in [0.717, 1.165) is 24.0 Å². The monoisotopic (exact) mass is 550 g/mol. The number of piperidine rings is 1. The molecule has 10 nitrogen and oxygen atoms in total. The van der Waals surface area contributed by atoms with E-state index in [9.17, 15) is 19.5 Å². The number of amides is 1. The molecule has 1 saturated heterocycles. The van der Waals surface area contributed by atoms with Gasteiger partial charge in [0.2, 0.25) is 0 Å². The van der Waals surface area contributed by atoms with E-state index in [1.165, 1.54) is 12.1 Å². The molecule has 3 aliphatic heterocycles. The molecule has 3 aliphatic rings. The number of fused-ring (bicyclic) bond motifs is 5. The zero-order valence-corrected chi connectivity index (χ0v) is 22.7. The average Bonchev–Trinajstić information content (AvgIpc) is 3.33. The van der Waals surface area contributed by atoms with Gasteiger partial charge in [-0.3, -0.25) is 4.79 Å². The van der Waals surface area contributed by atoms with Crippen molar-refractivity contribution in [3.05, 3.63) is 56.6 Å². The molecule has 0 bridgehead atoms. The zero-order valence-electron chi connectivity index (χ0n) is 22.7. The molecular weight excluding hydrogens is 519 g/mol. The predicted molar refractivity (Wildman–Crippen MR) is 144 cm³/mol. The van der Waals surface area contributed by atoms with E-state index < -0.39 is 23.5 Å². The molecule has 210 valence electrons. The number of aryl methyl sites for hydroxylation is 1. The number of carbonyl (C=O) groups excluding carboxylic acids is 2. The lowest BCUT2D eigenvalue weighted by Crippen LogP contribution is -2.45. The lowest BCUT2D eigenvalue weighted by molar-refractivity contribution is -0.172. The number of hydrogen-bond acceptors (Lipinski definition) is 8. The Kier molecular flexibility index (Phi) is 6.38. The zero-order chi connectivity index (χ0) is 28.3. The SMILES string of the molecule is CCc1c2c(nc3cc(F)c(OC(=O)N4CCC(NC)CC4)cc13)-c1cc3c(c(=O)n1C2)COC(=O)[C@]3(O)CC. The van der Waals surface area contributed by atoms with E-state index in [-0.39, 0.29) is 42.0 Å². The van der Waals surface area contributed by atoms with E-state index in [4.69, 9.17) is 14.5 Å². The quantitative estimate of drug-likeness (QED) is 0.372. The summed E-state index contributed by atoms with van der Waals surface area (Å²) >= 11 is 0. The predicted octanol–water partition coefficient (Wildman–Crippen LogP) is 2.96. The molecule has 0 saturated carbocycles. The van der Waals surface area contributed by atoms with Gasteiger partial charge in [-0.05, 0) is 50.4 Å². The third kappa shape index (κ3) is 3.90. The summed E-state index contributed by atoms with van der Waals surface area (Å²) in [6.45, 7) is 4.66. The normalized spacial score (nSPS) is 20.2. The maximum atomic E-state index is 15.2. The van der Waals surface area contributed by atoms with Crippen LogP contribution in [0.25, 0.3) is 22.3 Å². The number of nitrogens with zero attached hydrogens (tertiary/aromatic N) is 3. The van der Waals surface area contributed by atoms with Gasteiger partial charge < -0.3 is 29.4 Å². The van der Waals surface area contributed by atoms with Gasteiger partial charge in [-0.15, -0.1) is 0 Å². The van der Waals surface area contributed by atoms with Gasteiger partial charge in [0.15, 0.2) is 17.2 Å². The number of nitrogens with one attached hydrogen (secondary N) is 1. The highest BCUT2D eigenvalue weighted by Crippen LogP contribution is 2.41.